The van der Waals surface area contributed by atoms with E-state index in [1.54, 1.807) is 22.3 Å². The summed E-state index contributed by atoms with van der Waals surface area (Å²) in [6.45, 7) is 0.441. The van der Waals surface area contributed by atoms with Crippen molar-refractivity contribution in [2.24, 2.45) is 0 Å². The Hall–Kier alpha value is -2.84. The van der Waals surface area contributed by atoms with Crippen molar-refractivity contribution in [3.8, 4) is 11.5 Å². The fourth-order valence-corrected chi connectivity index (χ4v) is 6.13. The van der Waals surface area contributed by atoms with Crippen LogP contribution in [0.15, 0.2) is 59.3 Å². The van der Waals surface area contributed by atoms with Crippen LogP contribution in [0.3, 0.4) is 0 Å². The van der Waals surface area contributed by atoms with Crippen molar-refractivity contribution < 1.29 is 19.1 Å². The van der Waals surface area contributed by atoms with Gasteiger partial charge in [-0.2, -0.15) is 0 Å². The summed E-state index contributed by atoms with van der Waals surface area (Å²) in [5.74, 6) is 0.792. The second kappa shape index (κ2) is 10.6. The molecule has 2 aliphatic rings. The third kappa shape index (κ3) is 5.13. The van der Waals surface area contributed by atoms with Gasteiger partial charge >= 0.3 is 0 Å². The third-order valence-corrected chi connectivity index (χ3v) is 8.08. The highest BCUT2D eigenvalue weighted by Crippen LogP contribution is 2.34. The molecule has 2 aromatic heterocycles. The average molecular weight is 497 g/mol. The lowest BCUT2D eigenvalue weighted by Crippen LogP contribution is -2.51. The summed E-state index contributed by atoms with van der Waals surface area (Å²) in [5.41, 5.74) is 0. The van der Waals surface area contributed by atoms with Gasteiger partial charge < -0.3 is 19.7 Å². The SMILES string of the molecule is O=C(NC1CCCCC1)C(c1cccs1)N(Cc1cccs1)C(=O)C1COc2ccccc2O1. The number of hydrogen-bond donors (Lipinski definition) is 1. The second-order valence-electron chi connectivity index (χ2n) is 8.67. The van der Waals surface area contributed by atoms with Crippen molar-refractivity contribution in [1.29, 1.82) is 0 Å². The minimum Gasteiger partial charge on any atom is -0.485 e. The van der Waals surface area contributed by atoms with E-state index in [1.165, 1.54) is 17.8 Å². The highest BCUT2D eigenvalue weighted by molar-refractivity contribution is 7.10. The van der Waals surface area contributed by atoms with Crippen LogP contribution < -0.4 is 14.8 Å². The van der Waals surface area contributed by atoms with E-state index in [4.69, 9.17) is 9.47 Å². The second-order valence-corrected chi connectivity index (χ2v) is 10.7. The fraction of sp³-hybridized carbons (Fsp3) is 0.385. The zero-order chi connectivity index (χ0) is 23.3. The Balaban J connectivity index is 1.44. The van der Waals surface area contributed by atoms with Crippen LogP contribution in [0, 0.1) is 0 Å². The zero-order valence-electron chi connectivity index (χ0n) is 18.9. The Labute approximate surface area is 207 Å². The van der Waals surface area contributed by atoms with Gasteiger partial charge in [0.15, 0.2) is 11.5 Å². The molecule has 2 atom stereocenters. The van der Waals surface area contributed by atoms with E-state index in [0.717, 1.165) is 35.4 Å². The molecule has 34 heavy (non-hydrogen) atoms. The molecule has 0 radical (unpaired) electrons. The number of carbonyl (C=O) groups excluding carboxylic acids is 2. The number of ether oxygens (including phenoxy) is 2. The van der Waals surface area contributed by atoms with E-state index in [0.29, 0.717) is 18.0 Å². The predicted molar refractivity (Wildman–Crippen MR) is 133 cm³/mol. The number of fused-ring (bicyclic) bond motifs is 1. The summed E-state index contributed by atoms with van der Waals surface area (Å²) >= 11 is 3.06. The topological polar surface area (TPSA) is 67.9 Å². The Kier molecular flexibility index (Phi) is 7.16. The Bertz CT molecular complexity index is 1090. The summed E-state index contributed by atoms with van der Waals surface area (Å²) in [6.07, 6.45) is 4.61. The van der Waals surface area contributed by atoms with Crippen LogP contribution in [0.4, 0.5) is 0 Å². The number of amides is 2. The highest BCUT2D eigenvalue weighted by Gasteiger charge is 2.39. The molecule has 1 aromatic carbocycles. The van der Waals surface area contributed by atoms with Crippen LogP contribution >= 0.6 is 22.7 Å². The number of carbonyl (C=O) groups is 2. The molecular weight excluding hydrogens is 468 g/mol. The maximum atomic E-state index is 13.9. The molecule has 1 N–H and O–H groups in total. The molecule has 5 rings (SSSR count). The molecular formula is C26H28N2O4S2. The third-order valence-electron chi connectivity index (χ3n) is 6.30. The molecule has 6 nitrogen and oxygen atoms in total. The van der Waals surface area contributed by atoms with E-state index in [1.807, 2.05) is 53.2 Å². The summed E-state index contributed by atoms with van der Waals surface area (Å²) in [5, 5.41) is 7.17. The largest absolute Gasteiger partial charge is 0.485 e. The first-order valence-corrected chi connectivity index (χ1v) is 13.5. The summed E-state index contributed by atoms with van der Waals surface area (Å²) in [6, 6.07) is 14.6. The molecule has 3 heterocycles. The van der Waals surface area contributed by atoms with E-state index >= 15 is 0 Å². The highest BCUT2D eigenvalue weighted by atomic mass is 32.1. The monoisotopic (exact) mass is 496 g/mol. The van der Waals surface area contributed by atoms with Crippen molar-refractivity contribution in [3.05, 3.63) is 69.0 Å². The molecule has 2 unspecified atom stereocenters. The van der Waals surface area contributed by atoms with Gasteiger partial charge in [-0.3, -0.25) is 9.59 Å². The van der Waals surface area contributed by atoms with Crippen LogP contribution in [0.1, 0.15) is 47.9 Å². The van der Waals surface area contributed by atoms with Crippen LogP contribution in [0.5, 0.6) is 11.5 Å². The lowest BCUT2D eigenvalue weighted by Gasteiger charge is -2.35. The fourth-order valence-electron chi connectivity index (χ4n) is 4.59. The quantitative estimate of drug-likeness (QED) is 0.490. The molecule has 1 aliphatic carbocycles. The number of thiophene rings is 2. The van der Waals surface area contributed by atoms with Gasteiger partial charge in [-0.25, -0.2) is 0 Å². The first-order chi connectivity index (χ1) is 16.7. The van der Waals surface area contributed by atoms with E-state index in [-0.39, 0.29) is 24.5 Å². The van der Waals surface area contributed by atoms with Crippen molar-refractivity contribution in [3.63, 3.8) is 0 Å². The molecule has 8 heteroatoms. The van der Waals surface area contributed by atoms with E-state index in [9.17, 15) is 9.59 Å². The van der Waals surface area contributed by atoms with Crippen LogP contribution in [-0.4, -0.2) is 35.5 Å². The standard InChI is InChI=1S/C26H28N2O4S2/c29-25(27-18-8-2-1-3-9-18)24(23-13-7-15-34-23)28(16-19-10-6-14-33-19)26(30)22-17-31-20-11-4-5-12-21(20)32-22/h4-7,10-15,18,22,24H,1-3,8-9,16-17H2,(H,27,29). The molecule has 1 saturated carbocycles. The lowest BCUT2D eigenvalue weighted by molar-refractivity contribution is -0.149. The molecule has 0 saturated heterocycles. The minimum atomic E-state index is -0.820. The maximum absolute atomic E-state index is 13.9. The lowest BCUT2D eigenvalue weighted by atomic mass is 9.95. The number of nitrogens with zero attached hydrogens (tertiary/aromatic N) is 1. The molecule has 2 amide bonds. The van der Waals surface area contributed by atoms with E-state index in [2.05, 4.69) is 5.32 Å². The van der Waals surface area contributed by atoms with Gasteiger partial charge in [0.25, 0.3) is 5.91 Å². The Morgan fingerprint density at radius 2 is 1.74 bits per heavy atom. The summed E-state index contributed by atoms with van der Waals surface area (Å²) in [4.78, 5) is 31.1. The van der Waals surface area contributed by atoms with Crippen LogP contribution in [0.2, 0.25) is 0 Å². The van der Waals surface area contributed by atoms with Gasteiger partial charge in [0.2, 0.25) is 12.0 Å². The summed E-state index contributed by atoms with van der Waals surface area (Å²) < 4.78 is 11.9. The molecule has 1 fully saturated rings. The maximum Gasteiger partial charge on any atom is 0.268 e. The Morgan fingerprint density at radius 3 is 2.47 bits per heavy atom. The number of rotatable bonds is 7. The minimum absolute atomic E-state index is 0.109. The molecule has 0 spiro atoms. The molecule has 1 aliphatic heterocycles. The van der Waals surface area contributed by atoms with Crippen molar-refractivity contribution >= 4 is 34.5 Å². The van der Waals surface area contributed by atoms with Crippen molar-refractivity contribution in [1.82, 2.24) is 10.2 Å². The van der Waals surface area contributed by atoms with Gasteiger partial charge in [0.05, 0.1) is 6.54 Å². The predicted octanol–water partition coefficient (Wildman–Crippen LogP) is 5.17. The molecule has 3 aromatic rings. The molecule has 178 valence electrons. The van der Waals surface area contributed by atoms with Crippen LogP contribution in [0.25, 0.3) is 0 Å². The Morgan fingerprint density at radius 1 is 0.971 bits per heavy atom. The first kappa shape index (κ1) is 22.9. The van der Waals surface area contributed by atoms with Gasteiger partial charge in [0, 0.05) is 15.8 Å². The smallest absolute Gasteiger partial charge is 0.268 e. The van der Waals surface area contributed by atoms with Gasteiger partial charge in [-0.05, 0) is 47.9 Å². The number of para-hydroxylation sites is 2. The van der Waals surface area contributed by atoms with Crippen LogP contribution in [-0.2, 0) is 16.1 Å². The van der Waals surface area contributed by atoms with Crippen molar-refractivity contribution in [2.45, 2.75) is 56.8 Å². The van der Waals surface area contributed by atoms with Gasteiger partial charge in [-0.15, -0.1) is 22.7 Å². The number of benzene rings is 1. The number of hydrogen-bond acceptors (Lipinski definition) is 6. The van der Waals surface area contributed by atoms with Gasteiger partial charge in [0.1, 0.15) is 12.6 Å². The summed E-state index contributed by atoms with van der Waals surface area (Å²) in [7, 11) is 0. The average Bonchev–Trinajstić information content (AvgIpc) is 3.58. The number of nitrogens with one attached hydrogen (secondary N) is 1. The normalized spacial score (nSPS) is 18.8. The first-order valence-electron chi connectivity index (χ1n) is 11.7. The van der Waals surface area contributed by atoms with Crippen molar-refractivity contribution in [2.75, 3.05) is 6.61 Å². The van der Waals surface area contributed by atoms with Gasteiger partial charge in [-0.1, -0.05) is 43.5 Å². The molecule has 0 bridgehead atoms. The zero-order valence-corrected chi connectivity index (χ0v) is 20.5. The van der Waals surface area contributed by atoms with E-state index < -0.39 is 12.1 Å².